The Bertz CT molecular complexity index is 347. The summed E-state index contributed by atoms with van der Waals surface area (Å²) in [5.41, 5.74) is 0. The normalized spacial score (nSPS) is 22.6. The van der Waals surface area contributed by atoms with Crippen LogP contribution in [0.25, 0.3) is 0 Å². The van der Waals surface area contributed by atoms with Gasteiger partial charge in [0.2, 0.25) is 0 Å². The number of aliphatic imine (C=N–C) groups is 1. The highest BCUT2D eigenvalue weighted by Crippen LogP contribution is 2.16. The lowest BCUT2D eigenvalue weighted by molar-refractivity contribution is 0.545. The van der Waals surface area contributed by atoms with E-state index in [2.05, 4.69) is 33.7 Å². The summed E-state index contributed by atoms with van der Waals surface area (Å²) in [4.78, 5) is 8.63. The van der Waals surface area contributed by atoms with Gasteiger partial charge in [-0.1, -0.05) is 11.8 Å². The number of aromatic nitrogens is 2. The topological polar surface area (TPSA) is 42.2 Å². The van der Waals surface area contributed by atoms with Crippen LogP contribution in [0.4, 0.5) is 0 Å². The van der Waals surface area contributed by atoms with Crippen molar-refractivity contribution >= 4 is 16.9 Å². The van der Waals surface area contributed by atoms with Crippen molar-refractivity contribution in [3.05, 3.63) is 18.7 Å². The van der Waals surface area contributed by atoms with E-state index in [9.17, 15) is 0 Å². The van der Waals surface area contributed by atoms with Crippen molar-refractivity contribution in [2.45, 2.75) is 38.9 Å². The second-order valence-corrected chi connectivity index (χ2v) is 5.31. The zero-order chi connectivity index (χ0) is 11.4. The van der Waals surface area contributed by atoms with Crippen LogP contribution in [0.5, 0.6) is 0 Å². The number of thioether (sulfide) groups is 1. The van der Waals surface area contributed by atoms with Gasteiger partial charge in [-0.05, 0) is 20.3 Å². The van der Waals surface area contributed by atoms with E-state index in [0.29, 0.717) is 12.1 Å². The summed E-state index contributed by atoms with van der Waals surface area (Å²) in [6.07, 6.45) is 6.82. The standard InChI is InChI=1S/C11H18N4S/c1-9-3-6-16-11(13-9)14-10(2)7-15-5-4-12-8-15/h4-5,8-10H,3,6-7H2,1-2H3,(H,13,14). The van der Waals surface area contributed by atoms with Gasteiger partial charge in [0, 0.05) is 30.7 Å². The highest BCUT2D eigenvalue weighted by molar-refractivity contribution is 8.13. The van der Waals surface area contributed by atoms with E-state index >= 15 is 0 Å². The molecule has 0 radical (unpaired) electrons. The first kappa shape index (κ1) is 11.5. The molecular weight excluding hydrogens is 220 g/mol. The molecule has 0 aromatic carbocycles. The quantitative estimate of drug-likeness (QED) is 0.872. The second-order valence-electron chi connectivity index (χ2n) is 4.23. The lowest BCUT2D eigenvalue weighted by Gasteiger charge is -2.21. The molecule has 16 heavy (non-hydrogen) atoms. The summed E-state index contributed by atoms with van der Waals surface area (Å²) >= 11 is 1.82. The average Bonchev–Trinajstić information content (AvgIpc) is 2.70. The Balaban J connectivity index is 1.85. The van der Waals surface area contributed by atoms with Gasteiger partial charge in [0.05, 0.1) is 12.4 Å². The third kappa shape index (κ3) is 3.27. The van der Waals surface area contributed by atoms with Crippen LogP contribution in [-0.2, 0) is 6.54 Å². The summed E-state index contributed by atoms with van der Waals surface area (Å²) in [5, 5.41) is 4.54. The number of rotatable bonds is 3. The molecule has 1 aromatic heterocycles. The molecule has 2 rings (SSSR count). The molecule has 0 amide bonds. The molecule has 5 heteroatoms. The fraction of sp³-hybridized carbons (Fsp3) is 0.636. The minimum atomic E-state index is 0.380. The number of nitrogens with zero attached hydrogens (tertiary/aromatic N) is 3. The summed E-state index contributed by atoms with van der Waals surface area (Å²) < 4.78 is 2.08. The van der Waals surface area contributed by atoms with E-state index in [-0.39, 0.29) is 0 Å². The van der Waals surface area contributed by atoms with Crippen molar-refractivity contribution in [2.75, 3.05) is 5.75 Å². The molecule has 4 nitrogen and oxygen atoms in total. The smallest absolute Gasteiger partial charge is 0.157 e. The molecule has 1 N–H and O–H groups in total. The molecule has 0 saturated carbocycles. The Kier molecular flexibility index (Phi) is 3.88. The van der Waals surface area contributed by atoms with Crippen LogP contribution in [0.15, 0.2) is 23.7 Å². The minimum absolute atomic E-state index is 0.380. The van der Waals surface area contributed by atoms with Crippen LogP contribution in [0.2, 0.25) is 0 Å². The Morgan fingerprint density at radius 3 is 3.25 bits per heavy atom. The van der Waals surface area contributed by atoms with Crippen molar-refractivity contribution in [2.24, 2.45) is 4.99 Å². The average molecular weight is 238 g/mol. The van der Waals surface area contributed by atoms with Gasteiger partial charge in [-0.3, -0.25) is 4.99 Å². The third-order valence-electron chi connectivity index (χ3n) is 2.53. The maximum absolute atomic E-state index is 4.60. The van der Waals surface area contributed by atoms with Gasteiger partial charge in [-0.2, -0.15) is 0 Å². The lowest BCUT2D eigenvalue weighted by Crippen LogP contribution is -2.36. The molecule has 1 aliphatic heterocycles. The number of hydrogen-bond acceptors (Lipinski definition) is 4. The Labute approximate surface area is 101 Å². The predicted molar refractivity (Wildman–Crippen MR) is 68.8 cm³/mol. The van der Waals surface area contributed by atoms with Gasteiger partial charge in [0.25, 0.3) is 0 Å². The predicted octanol–water partition coefficient (Wildman–Crippen LogP) is 1.74. The number of amidine groups is 1. The summed E-state index contributed by atoms with van der Waals surface area (Å²) in [6.45, 7) is 5.26. The van der Waals surface area contributed by atoms with Gasteiger partial charge < -0.3 is 9.88 Å². The maximum atomic E-state index is 4.60. The molecule has 2 unspecified atom stereocenters. The molecule has 2 atom stereocenters. The zero-order valence-corrected chi connectivity index (χ0v) is 10.6. The SMILES string of the molecule is CC1CCSC(NC(C)Cn2ccnc2)=N1. The Morgan fingerprint density at radius 1 is 1.69 bits per heavy atom. The van der Waals surface area contributed by atoms with Crippen molar-refractivity contribution < 1.29 is 0 Å². The van der Waals surface area contributed by atoms with E-state index in [0.717, 1.165) is 11.7 Å². The largest absolute Gasteiger partial charge is 0.361 e. The highest BCUT2D eigenvalue weighted by Gasteiger charge is 2.13. The van der Waals surface area contributed by atoms with E-state index in [1.165, 1.54) is 12.2 Å². The maximum Gasteiger partial charge on any atom is 0.157 e. The van der Waals surface area contributed by atoms with E-state index in [4.69, 9.17) is 0 Å². The van der Waals surface area contributed by atoms with Crippen molar-refractivity contribution in [1.82, 2.24) is 14.9 Å². The van der Waals surface area contributed by atoms with Gasteiger partial charge in [-0.15, -0.1) is 0 Å². The molecule has 0 bridgehead atoms. The Hall–Kier alpha value is -0.970. The molecule has 88 valence electrons. The summed E-state index contributed by atoms with van der Waals surface area (Å²) in [5.74, 6) is 1.17. The molecular formula is C11H18N4S. The first-order valence-corrected chi connectivity index (χ1v) is 6.65. The summed E-state index contributed by atoms with van der Waals surface area (Å²) in [6, 6.07) is 0.843. The van der Waals surface area contributed by atoms with Gasteiger partial charge >= 0.3 is 0 Å². The van der Waals surface area contributed by atoms with Gasteiger partial charge in [0.1, 0.15) is 0 Å². The van der Waals surface area contributed by atoms with Gasteiger partial charge in [-0.25, -0.2) is 4.98 Å². The minimum Gasteiger partial charge on any atom is -0.361 e. The van der Waals surface area contributed by atoms with Crippen LogP contribution in [0, 0.1) is 0 Å². The number of hydrogen-bond donors (Lipinski definition) is 1. The molecule has 0 aliphatic carbocycles. The highest BCUT2D eigenvalue weighted by atomic mass is 32.2. The Morgan fingerprint density at radius 2 is 2.56 bits per heavy atom. The van der Waals surface area contributed by atoms with E-state index in [1.807, 2.05) is 30.5 Å². The second kappa shape index (κ2) is 5.39. The van der Waals surface area contributed by atoms with Crippen molar-refractivity contribution in [3.63, 3.8) is 0 Å². The van der Waals surface area contributed by atoms with Crippen molar-refractivity contribution in [1.29, 1.82) is 0 Å². The molecule has 2 heterocycles. The zero-order valence-electron chi connectivity index (χ0n) is 9.76. The fourth-order valence-electron chi connectivity index (χ4n) is 1.67. The number of imidazole rings is 1. The molecule has 1 aromatic rings. The number of nitrogens with one attached hydrogen (secondary N) is 1. The van der Waals surface area contributed by atoms with Crippen LogP contribution >= 0.6 is 11.8 Å². The van der Waals surface area contributed by atoms with Crippen LogP contribution in [0.3, 0.4) is 0 Å². The van der Waals surface area contributed by atoms with Gasteiger partial charge in [0.15, 0.2) is 5.17 Å². The fourth-order valence-corrected chi connectivity index (χ4v) is 2.87. The molecule has 1 aliphatic rings. The van der Waals surface area contributed by atoms with E-state index in [1.54, 1.807) is 0 Å². The molecule has 0 saturated heterocycles. The summed E-state index contributed by atoms with van der Waals surface area (Å²) in [7, 11) is 0. The van der Waals surface area contributed by atoms with Crippen LogP contribution in [-0.4, -0.2) is 32.6 Å². The van der Waals surface area contributed by atoms with Crippen molar-refractivity contribution in [3.8, 4) is 0 Å². The van der Waals surface area contributed by atoms with Crippen LogP contribution < -0.4 is 5.32 Å². The molecule has 0 fully saturated rings. The first-order chi connectivity index (χ1) is 7.74. The first-order valence-electron chi connectivity index (χ1n) is 5.67. The third-order valence-corrected chi connectivity index (χ3v) is 3.46. The molecule has 0 spiro atoms. The van der Waals surface area contributed by atoms with E-state index < -0.39 is 0 Å². The lowest BCUT2D eigenvalue weighted by atomic mass is 10.3. The van der Waals surface area contributed by atoms with Crippen LogP contribution in [0.1, 0.15) is 20.3 Å². The monoisotopic (exact) mass is 238 g/mol.